The predicted octanol–water partition coefficient (Wildman–Crippen LogP) is 0.352. The molecule has 0 saturated carbocycles. The molecule has 1 heterocycles. The maximum absolute atomic E-state index is 13.0. The van der Waals surface area contributed by atoms with Crippen LogP contribution in [-0.2, 0) is 9.53 Å². The van der Waals surface area contributed by atoms with Gasteiger partial charge in [-0.3, -0.25) is 9.59 Å². The average molecular weight is 365 g/mol. The molecule has 1 aromatic rings. The number of amides is 2. The van der Waals surface area contributed by atoms with E-state index < -0.39 is 6.10 Å². The van der Waals surface area contributed by atoms with Gasteiger partial charge in [0.2, 0.25) is 0 Å². The first-order valence-corrected chi connectivity index (χ1v) is 8.61. The van der Waals surface area contributed by atoms with Gasteiger partial charge in [0.25, 0.3) is 11.8 Å². The van der Waals surface area contributed by atoms with E-state index >= 15 is 0 Å². The molecule has 0 spiro atoms. The lowest BCUT2D eigenvalue weighted by atomic mass is 10.1. The van der Waals surface area contributed by atoms with Crippen LogP contribution in [0.4, 0.5) is 0 Å². The minimum Gasteiger partial charge on any atom is -0.497 e. The standard InChI is InChI=1S/C18H27N3O5/c1-20(2)18(23)16-12-21(8-10-26-16)17(22)14-11-13(24-3)5-6-15(14)25-9-4-7-19/h5-6,11,16H,4,7-10,12,19H2,1-3H3. The van der Waals surface area contributed by atoms with Crippen LogP contribution in [0.15, 0.2) is 18.2 Å². The Bertz CT molecular complexity index is 635. The number of likely N-dealkylation sites (N-methyl/N-ethyl adjacent to an activating group) is 1. The van der Waals surface area contributed by atoms with Crippen molar-refractivity contribution in [2.75, 3.05) is 54.1 Å². The van der Waals surface area contributed by atoms with Crippen molar-refractivity contribution in [1.82, 2.24) is 9.80 Å². The molecule has 8 nitrogen and oxygen atoms in total. The quantitative estimate of drug-likeness (QED) is 0.701. The molecular weight excluding hydrogens is 338 g/mol. The molecule has 1 unspecified atom stereocenters. The zero-order chi connectivity index (χ0) is 19.1. The fourth-order valence-electron chi connectivity index (χ4n) is 2.64. The number of rotatable bonds is 7. The van der Waals surface area contributed by atoms with Crippen LogP contribution in [-0.4, -0.2) is 81.8 Å². The van der Waals surface area contributed by atoms with Gasteiger partial charge in [0.05, 0.1) is 32.4 Å². The summed E-state index contributed by atoms with van der Waals surface area (Å²) in [4.78, 5) is 28.3. The zero-order valence-corrected chi connectivity index (χ0v) is 15.6. The second kappa shape index (κ2) is 9.40. The third kappa shape index (κ3) is 4.86. The lowest BCUT2D eigenvalue weighted by Crippen LogP contribution is -2.51. The topological polar surface area (TPSA) is 94.3 Å². The van der Waals surface area contributed by atoms with Crippen molar-refractivity contribution in [2.45, 2.75) is 12.5 Å². The Hall–Kier alpha value is -2.32. The van der Waals surface area contributed by atoms with Gasteiger partial charge in [-0.25, -0.2) is 0 Å². The highest BCUT2D eigenvalue weighted by molar-refractivity contribution is 5.98. The molecule has 144 valence electrons. The van der Waals surface area contributed by atoms with Crippen molar-refractivity contribution in [1.29, 1.82) is 0 Å². The highest BCUT2D eigenvalue weighted by Crippen LogP contribution is 2.26. The van der Waals surface area contributed by atoms with Crippen LogP contribution in [0, 0.1) is 0 Å². The number of benzene rings is 1. The lowest BCUT2D eigenvalue weighted by molar-refractivity contribution is -0.145. The summed E-state index contributed by atoms with van der Waals surface area (Å²) in [7, 11) is 4.87. The molecule has 1 aliphatic rings. The SMILES string of the molecule is COc1ccc(OCCCN)c(C(=O)N2CCOC(C(=O)N(C)C)C2)c1. The van der Waals surface area contributed by atoms with Crippen molar-refractivity contribution in [3.63, 3.8) is 0 Å². The van der Waals surface area contributed by atoms with E-state index in [0.29, 0.717) is 49.8 Å². The monoisotopic (exact) mass is 365 g/mol. The summed E-state index contributed by atoms with van der Waals surface area (Å²) in [5.41, 5.74) is 5.90. The maximum Gasteiger partial charge on any atom is 0.257 e. The van der Waals surface area contributed by atoms with E-state index in [2.05, 4.69) is 0 Å². The molecule has 2 amide bonds. The number of ether oxygens (including phenoxy) is 3. The van der Waals surface area contributed by atoms with Gasteiger partial charge in [-0.05, 0) is 31.2 Å². The first-order valence-electron chi connectivity index (χ1n) is 8.61. The molecule has 1 fully saturated rings. The van der Waals surface area contributed by atoms with Gasteiger partial charge in [0, 0.05) is 20.6 Å². The number of methoxy groups -OCH3 is 1. The largest absolute Gasteiger partial charge is 0.497 e. The van der Waals surface area contributed by atoms with Gasteiger partial charge in [0.1, 0.15) is 11.5 Å². The number of nitrogens with two attached hydrogens (primary N) is 1. The minimum atomic E-state index is -0.657. The van der Waals surface area contributed by atoms with Gasteiger partial charge in [-0.2, -0.15) is 0 Å². The van der Waals surface area contributed by atoms with Crippen LogP contribution in [0.2, 0.25) is 0 Å². The molecule has 1 aliphatic heterocycles. The Morgan fingerprint density at radius 1 is 1.38 bits per heavy atom. The highest BCUT2D eigenvalue weighted by atomic mass is 16.5. The second-order valence-corrected chi connectivity index (χ2v) is 6.20. The summed E-state index contributed by atoms with van der Waals surface area (Å²) in [5.74, 6) is 0.666. The molecule has 1 atom stereocenters. The van der Waals surface area contributed by atoms with Crippen LogP contribution in [0.5, 0.6) is 11.5 Å². The first kappa shape index (κ1) is 20.0. The van der Waals surface area contributed by atoms with Crippen LogP contribution in [0.25, 0.3) is 0 Å². The van der Waals surface area contributed by atoms with E-state index in [0.717, 1.165) is 0 Å². The number of morpholine rings is 1. The molecule has 0 aromatic heterocycles. The first-order chi connectivity index (χ1) is 12.5. The average Bonchev–Trinajstić information content (AvgIpc) is 2.67. The van der Waals surface area contributed by atoms with Gasteiger partial charge >= 0.3 is 0 Å². The summed E-state index contributed by atoms with van der Waals surface area (Å²) >= 11 is 0. The fourth-order valence-corrected chi connectivity index (χ4v) is 2.64. The Kier molecular flexibility index (Phi) is 7.23. The number of hydrogen-bond acceptors (Lipinski definition) is 6. The number of hydrogen-bond donors (Lipinski definition) is 1. The second-order valence-electron chi connectivity index (χ2n) is 6.20. The van der Waals surface area contributed by atoms with E-state index in [1.54, 1.807) is 44.3 Å². The maximum atomic E-state index is 13.0. The molecule has 2 rings (SSSR count). The Morgan fingerprint density at radius 2 is 2.15 bits per heavy atom. The van der Waals surface area contributed by atoms with Gasteiger partial charge < -0.3 is 29.7 Å². The molecule has 26 heavy (non-hydrogen) atoms. The normalized spacial score (nSPS) is 16.9. The summed E-state index contributed by atoms with van der Waals surface area (Å²) in [6, 6.07) is 5.11. The third-order valence-electron chi connectivity index (χ3n) is 4.09. The fraction of sp³-hybridized carbons (Fsp3) is 0.556. The lowest BCUT2D eigenvalue weighted by Gasteiger charge is -2.33. The summed E-state index contributed by atoms with van der Waals surface area (Å²) in [6.45, 7) is 1.86. The van der Waals surface area contributed by atoms with E-state index in [1.807, 2.05) is 0 Å². The van der Waals surface area contributed by atoms with E-state index in [-0.39, 0.29) is 18.4 Å². The molecule has 1 saturated heterocycles. The highest BCUT2D eigenvalue weighted by Gasteiger charge is 2.31. The van der Waals surface area contributed by atoms with Crippen LogP contribution < -0.4 is 15.2 Å². The molecule has 8 heteroatoms. The smallest absolute Gasteiger partial charge is 0.257 e. The summed E-state index contributed by atoms with van der Waals surface area (Å²) < 4.78 is 16.5. The van der Waals surface area contributed by atoms with Gasteiger partial charge in [0.15, 0.2) is 6.10 Å². The molecule has 0 radical (unpaired) electrons. The molecule has 2 N–H and O–H groups in total. The Morgan fingerprint density at radius 3 is 2.81 bits per heavy atom. The summed E-state index contributed by atoms with van der Waals surface area (Å²) in [6.07, 6.45) is 0.0336. The molecule has 1 aromatic carbocycles. The van der Waals surface area contributed by atoms with E-state index in [4.69, 9.17) is 19.9 Å². The van der Waals surface area contributed by atoms with Crippen molar-refractivity contribution in [2.24, 2.45) is 5.73 Å². The van der Waals surface area contributed by atoms with Crippen LogP contribution in [0.1, 0.15) is 16.8 Å². The van der Waals surface area contributed by atoms with Crippen molar-refractivity contribution >= 4 is 11.8 Å². The number of carbonyl (C=O) groups excluding carboxylic acids is 2. The number of nitrogens with zero attached hydrogens (tertiary/aromatic N) is 2. The van der Waals surface area contributed by atoms with Crippen molar-refractivity contribution < 1.29 is 23.8 Å². The van der Waals surface area contributed by atoms with Crippen LogP contribution >= 0.6 is 0 Å². The van der Waals surface area contributed by atoms with Crippen LogP contribution in [0.3, 0.4) is 0 Å². The number of carbonyl (C=O) groups is 2. The third-order valence-corrected chi connectivity index (χ3v) is 4.09. The minimum absolute atomic E-state index is 0.160. The van der Waals surface area contributed by atoms with Crippen molar-refractivity contribution in [3.8, 4) is 11.5 Å². The van der Waals surface area contributed by atoms with E-state index in [9.17, 15) is 9.59 Å². The van der Waals surface area contributed by atoms with E-state index in [1.165, 1.54) is 4.90 Å². The Labute approximate surface area is 153 Å². The Balaban J connectivity index is 2.19. The predicted molar refractivity (Wildman–Crippen MR) is 96.5 cm³/mol. The van der Waals surface area contributed by atoms with Gasteiger partial charge in [-0.1, -0.05) is 0 Å². The summed E-state index contributed by atoms with van der Waals surface area (Å²) in [5, 5.41) is 0. The molecule has 0 bridgehead atoms. The van der Waals surface area contributed by atoms with Crippen molar-refractivity contribution in [3.05, 3.63) is 23.8 Å². The zero-order valence-electron chi connectivity index (χ0n) is 15.6. The molecule has 0 aliphatic carbocycles. The van der Waals surface area contributed by atoms with Gasteiger partial charge in [-0.15, -0.1) is 0 Å². The molecular formula is C18H27N3O5.